The van der Waals surface area contributed by atoms with Crippen LogP contribution in [0.4, 0.5) is 0 Å². The normalized spacial score (nSPS) is 12.3. The number of nitrogens with zero attached hydrogens (tertiary/aromatic N) is 1. The molecule has 8 heteroatoms. The molecule has 0 aliphatic carbocycles. The van der Waals surface area contributed by atoms with Crippen molar-refractivity contribution in [2.75, 3.05) is 13.7 Å². The van der Waals surface area contributed by atoms with Crippen molar-refractivity contribution in [2.24, 2.45) is 5.14 Å². The topological polar surface area (TPSA) is 89.7 Å². The average molecular weight is 459 g/mol. The summed E-state index contributed by atoms with van der Waals surface area (Å²) in [6.45, 7) is 1.66. The summed E-state index contributed by atoms with van der Waals surface area (Å²) in [6, 6.07) is 21.1. The number of sulfonamides is 1. The molecule has 1 atom stereocenters. The highest BCUT2D eigenvalue weighted by Crippen LogP contribution is 2.30. The van der Waals surface area contributed by atoms with Crippen LogP contribution in [0.3, 0.4) is 0 Å². The fraction of sp³-hybridized carbons (Fsp3) is 0.174. The molecule has 1 unspecified atom stereocenters. The Morgan fingerprint density at radius 3 is 2.26 bits per heavy atom. The molecule has 1 amide bonds. The summed E-state index contributed by atoms with van der Waals surface area (Å²) < 4.78 is 28.4. The first kappa shape index (κ1) is 22.8. The van der Waals surface area contributed by atoms with E-state index in [9.17, 15) is 13.2 Å². The van der Waals surface area contributed by atoms with Crippen LogP contribution in [0, 0.1) is 0 Å². The second-order valence-electron chi connectivity index (χ2n) is 7.09. The number of carbonyl (C=O) groups is 1. The van der Waals surface area contributed by atoms with E-state index in [0.717, 1.165) is 16.7 Å². The molecule has 0 fully saturated rings. The van der Waals surface area contributed by atoms with Gasteiger partial charge in [0.25, 0.3) is 5.91 Å². The second kappa shape index (κ2) is 9.51. The van der Waals surface area contributed by atoms with Gasteiger partial charge in [0.05, 0.1) is 16.0 Å². The third-order valence-electron chi connectivity index (χ3n) is 5.06. The molecule has 0 bridgehead atoms. The van der Waals surface area contributed by atoms with Gasteiger partial charge in [0.2, 0.25) is 10.0 Å². The lowest BCUT2D eigenvalue weighted by atomic mass is 10.1. The first-order valence-corrected chi connectivity index (χ1v) is 11.5. The van der Waals surface area contributed by atoms with E-state index in [4.69, 9.17) is 21.5 Å². The van der Waals surface area contributed by atoms with Crippen LogP contribution in [0.5, 0.6) is 5.75 Å². The van der Waals surface area contributed by atoms with E-state index in [1.54, 1.807) is 31.3 Å². The van der Waals surface area contributed by atoms with Gasteiger partial charge in [-0.05, 0) is 47.9 Å². The Hall–Kier alpha value is -2.87. The lowest BCUT2D eigenvalue weighted by Gasteiger charge is -2.25. The van der Waals surface area contributed by atoms with Crippen LogP contribution in [0.25, 0.3) is 11.1 Å². The summed E-state index contributed by atoms with van der Waals surface area (Å²) in [5.41, 5.74) is 2.76. The Balaban J connectivity index is 1.63. The smallest absolute Gasteiger partial charge is 0.260 e. The van der Waals surface area contributed by atoms with Crippen LogP contribution >= 0.6 is 11.6 Å². The van der Waals surface area contributed by atoms with Crippen molar-refractivity contribution in [1.82, 2.24) is 4.90 Å². The number of halogens is 1. The summed E-state index contributed by atoms with van der Waals surface area (Å²) >= 11 is 6.34. The van der Waals surface area contributed by atoms with E-state index in [2.05, 4.69) is 0 Å². The summed E-state index contributed by atoms with van der Waals surface area (Å²) in [4.78, 5) is 14.1. The fourth-order valence-corrected chi connectivity index (χ4v) is 3.80. The molecular weight excluding hydrogens is 436 g/mol. The van der Waals surface area contributed by atoms with Gasteiger partial charge in [-0.15, -0.1) is 0 Å². The molecule has 0 aliphatic rings. The van der Waals surface area contributed by atoms with E-state index in [1.807, 2.05) is 43.3 Å². The number of likely N-dealkylation sites (N-methyl/N-ethyl adjacent to an activating group) is 1. The van der Waals surface area contributed by atoms with Crippen molar-refractivity contribution in [2.45, 2.75) is 17.9 Å². The highest BCUT2D eigenvalue weighted by molar-refractivity contribution is 7.89. The van der Waals surface area contributed by atoms with Gasteiger partial charge < -0.3 is 9.64 Å². The second-order valence-corrected chi connectivity index (χ2v) is 9.06. The van der Waals surface area contributed by atoms with E-state index in [-0.39, 0.29) is 23.5 Å². The number of rotatable bonds is 7. The predicted octanol–water partition coefficient (Wildman–Crippen LogP) is 4.25. The number of primary sulfonamides is 1. The summed E-state index contributed by atoms with van der Waals surface area (Å²) in [5, 5.41) is 5.54. The third-order valence-corrected chi connectivity index (χ3v) is 6.28. The zero-order valence-electron chi connectivity index (χ0n) is 17.2. The number of hydrogen-bond acceptors (Lipinski definition) is 4. The van der Waals surface area contributed by atoms with Crippen molar-refractivity contribution in [3.8, 4) is 16.9 Å². The van der Waals surface area contributed by atoms with E-state index in [0.29, 0.717) is 10.8 Å². The molecule has 2 N–H and O–H groups in total. The minimum Gasteiger partial charge on any atom is -0.482 e. The molecule has 0 radical (unpaired) electrons. The highest BCUT2D eigenvalue weighted by Gasteiger charge is 2.19. The van der Waals surface area contributed by atoms with Crippen molar-refractivity contribution >= 4 is 27.5 Å². The van der Waals surface area contributed by atoms with Gasteiger partial charge in [0, 0.05) is 7.05 Å². The van der Waals surface area contributed by atoms with Gasteiger partial charge in [-0.25, -0.2) is 13.6 Å². The standard InChI is InChI=1S/C23H23ClN2O4S/c1-16(17-8-11-20(12-9-17)31(25,28)29)26(2)23(27)15-30-22-13-10-19(14-21(22)24)18-6-4-3-5-7-18/h3-14,16H,15H2,1-2H3,(H2,25,28,29). The quantitative estimate of drug-likeness (QED) is 0.573. The van der Waals surface area contributed by atoms with Gasteiger partial charge >= 0.3 is 0 Å². The van der Waals surface area contributed by atoms with E-state index >= 15 is 0 Å². The number of ether oxygens (including phenoxy) is 1. The lowest BCUT2D eigenvalue weighted by molar-refractivity contribution is -0.134. The van der Waals surface area contributed by atoms with E-state index in [1.165, 1.54) is 17.0 Å². The summed E-state index contributed by atoms with van der Waals surface area (Å²) in [6.07, 6.45) is 0. The Morgan fingerprint density at radius 1 is 1.03 bits per heavy atom. The molecule has 0 saturated carbocycles. The molecule has 3 aromatic rings. The molecule has 0 spiro atoms. The molecule has 0 heterocycles. The van der Waals surface area contributed by atoms with Crippen molar-refractivity contribution in [1.29, 1.82) is 0 Å². The zero-order chi connectivity index (χ0) is 22.6. The van der Waals surface area contributed by atoms with Crippen LogP contribution in [0.15, 0.2) is 77.7 Å². The SMILES string of the molecule is CC(c1ccc(S(N)(=O)=O)cc1)N(C)C(=O)COc1ccc(-c2ccccc2)cc1Cl. The van der Waals surface area contributed by atoms with Gasteiger partial charge in [-0.1, -0.05) is 60.1 Å². The van der Waals surface area contributed by atoms with Gasteiger partial charge in [-0.2, -0.15) is 0 Å². The van der Waals surface area contributed by atoms with Crippen LogP contribution in [-0.2, 0) is 14.8 Å². The number of hydrogen-bond donors (Lipinski definition) is 1. The number of carbonyl (C=O) groups excluding carboxylic acids is 1. The Bertz CT molecular complexity index is 1170. The molecule has 0 aromatic heterocycles. The average Bonchev–Trinajstić information content (AvgIpc) is 2.77. The number of amides is 1. The Kier molecular flexibility index (Phi) is 7.00. The molecule has 3 rings (SSSR count). The predicted molar refractivity (Wildman–Crippen MR) is 121 cm³/mol. The minimum atomic E-state index is -3.76. The fourth-order valence-electron chi connectivity index (χ4n) is 3.04. The molecule has 6 nitrogen and oxygen atoms in total. The Labute approximate surface area is 187 Å². The third kappa shape index (κ3) is 5.64. The first-order valence-electron chi connectivity index (χ1n) is 9.53. The van der Waals surface area contributed by atoms with Crippen LogP contribution in [-0.4, -0.2) is 32.9 Å². The number of benzene rings is 3. The van der Waals surface area contributed by atoms with Gasteiger partial charge in [-0.3, -0.25) is 4.79 Å². The Morgan fingerprint density at radius 2 is 1.68 bits per heavy atom. The van der Waals surface area contributed by atoms with Gasteiger partial charge in [0.15, 0.2) is 6.61 Å². The summed E-state index contributed by atoms with van der Waals surface area (Å²) in [5.74, 6) is 0.180. The molecule has 0 saturated heterocycles. The molecule has 162 valence electrons. The maximum atomic E-state index is 12.6. The van der Waals surface area contributed by atoms with Crippen LogP contribution < -0.4 is 9.88 Å². The van der Waals surface area contributed by atoms with Crippen molar-refractivity contribution in [3.63, 3.8) is 0 Å². The molecular formula is C23H23ClN2O4S. The first-order chi connectivity index (χ1) is 14.7. The molecule has 3 aromatic carbocycles. The maximum Gasteiger partial charge on any atom is 0.260 e. The lowest BCUT2D eigenvalue weighted by Crippen LogP contribution is -2.33. The van der Waals surface area contributed by atoms with Crippen LogP contribution in [0.2, 0.25) is 5.02 Å². The maximum absolute atomic E-state index is 12.6. The zero-order valence-corrected chi connectivity index (χ0v) is 18.7. The summed E-state index contributed by atoms with van der Waals surface area (Å²) in [7, 11) is -2.10. The highest BCUT2D eigenvalue weighted by atomic mass is 35.5. The van der Waals surface area contributed by atoms with Crippen molar-refractivity contribution < 1.29 is 17.9 Å². The van der Waals surface area contributed by atoms with Gasteiger partial charge in [0.1, 0.15) is 5.75 Å². The molecule has 31 heavy (non-hydrogen) atoms. The van der Waals surface area contributed by atoms with E-state index < -0.39 is 10.0 Å². The van der Waals surface area contributed by atoms with Crippen molar-refractivity contribution in [3.05, 3.63) is 83.4 Å². The largest absolute Gasteiger partial charge is 0.482 e. The molecule has 0 aliphatic heterocycles. The van der Waals surface area contributed by atoms with Crippen LogP contribution in [0.1, 0.15) is 18.5 Å². The monoisotopic (exact) mass is 458 g/mol. The minimum absolute atomic E-state index is 0.0226. The number of nitrogens with two attached hydrogens (primary N) is 1.